The highest BCUT2D eigenvalue weighted by Crippen LogP contribution is 2.30. The van der Waals surface area contributed by atoms with E-state index >= 15 is 0 Å². The van der Waals surface area contributed by atoms with Crippen molar-refractivity contribution in [2.75, 3.05) is 18.1 Å². The number of anilines is 2. The molecule has 0 bridgehead atoms. The number of aromatic nitrogens is 1. The predicted molar refractivity (Wildman–Crippen MR) is 65.4 cm³/mol. The molecule has 84 valence electrons. The molecule has 0 radical (unpaired) electrons. The molecule has 16 heavy (non-hydrogen) atoms. The number of benzene rings is 1. The molecule has 1 aromatic carbocycles. The van der Waals surface area contributed by atoms with Crippen molar-refractivity contribution in [2.24, 2.45) is 0 Å². The van der Waals surface area contributed by atoms with Gasteiger partial charge in [-0.2, -0.15) is 0 Å². The number of nitrogens with two attached hydrogens (primary N) is 1. The van der Waals surface area contributed by atoms with Gasteiger partial charge in [0.25, 0.3) is 0 Å². The molecule has 0 amide bonds. The van der Waals surface area contributed by atoms with Crippen molar-refractivity contribution < 1.29 is 4.52 Å². The standard InChI is InChI=1S/C12H15N3O/c1-7-12(8(2)16-15-7)9-4-5-11(14-3)10(13)6-9/h4-6,14H,13H2,1-3H3. The molecule has 0 fully saturated rings. The van der Waals surface area contributed by atoms with E-state index in [0.29, 0.717) is 0 Å². The highest BCUT2D eigenvalue weighted by atomic mass is 16.5. The van der Waals surface area contributed by atoms with E-state index in [1.807, 2.05) is 39.1 Å². The fourth-order valence-electron chi connectivity index (χ4n) is 1.84. The van der Waals surface area contributed by atoms with Crippen LogP contribution >= 0.6 is 0 Å². The lowest BCUT2D eigenvalue weighted by molar-refractivity contribution is 0.393. The van der Waals surface area contributed by atoms with Crippen molar-refractivity contribution in [3.8, 4) is 11.1 Å². The molecule has 0 spiro atoms. The van der Waals surface area contributed by atoms with Gasteiger partial charge in [0.2, 0.25) is 0 Å². The van der Waals surface area contributed by atoms with Gasteiger partial charge in [0.15, 0.2) is 0 Å². The summed E-state index contributed by atoms with van der Waals surface area (Å²) in [6, 6.07) is 5.89. The minimum atomic E-state index is 0.722. The molecule has 4 nitrogen and oxygen atoms in total. The van der Waals surface area contributed by atoms with E-state index in [1.54, 1.807) is 0 Å². The molecular formula is C12H15N3O. The summed E-state index contributed by atoms with van der Waals surface area (Å²) in [6.45, 7) is 3.82. The monoisotopic (exact) mass is 217 g/mol. The third-order valence-electron chi connectivity index (χ3n) is 2.64. The Bertz CT molecular complexity index is 497. The third-order valence-corrected chi connectivity index (χ3v) is 2.64. The highest BCUT2D eigenvalue weighted by molar-refractivity contribution is 5.77. The van der Waals surface area contributed by atoms with Crippen molar-refractivity contribution in [2.45, 2.75) is 13.8 Å². The molecule has 4 heteroatoms. The van der Waals surface area contributed by atoms with E-state index in [-0.39, 0.29) is 0 Å². The second kappa shape index (κ2) is 3.89. The maximum Gasteiger partial charge on any atom is 0.141 e. The second-order valence-electron chi connectivity index (χ2n) is 3.75. The first kappa shape index (κ1) is 10.5. The van der Waals surface area contributed by atoms with Crippen molar-refractivity contribution in [1.29, 1.82) is 0 Å². The molecule has 0 saturated heterocycles. The van der Waals surface area contributed by atoms with Crippen LogP contribution in [0.4, 0.5) is 11.4 Å². The van der Waals surface area contributed by atoms with Gasteiger partial charge in [0.05, 0.1) is 17.1 Å². The number of aryl methyl sites for hydroxylation is 2. The number of rotatable bonds is 2. The largest absolute Gasteiger partial charge is 0.397 e. The van der Waals surface area contributed by atoms with Crippen LogP contribution in [-0.2, 0) is 0 Å². The Balaban J connectivity index is 2.53. The van der Waals surface area contributed by atoms with Crippen molar-refractivity contribution in [1.82, 2.24) is 5.16 Å². The first-order valence-electron chi connectivity index (χ1n) is 5.14. The summed E-state index contributed by atoms with van der Waals surface area (Å²) < 4.78 is 5.14. The lowest BCUT2D eigenvalue weighted by Gasteiger charge is -2.07. The number of nitrogens with one attached hydrogen (secondary N) is 1. The maximum atomic E-state index is 5.92. The highest BCUT2D eigenvalue weighted by Gasteiger charge is 2.12. The topological polar surface area (TPSA) is 64.1 Å². The molecule has 0 unspecified atom stereocenters. The van der Waals surface area contributed by atoms with Crippen LogP contribution in [0.5, 0.6) is 0 Å². The summed E-state index contributed by atoms with van der Waals surface area (Å²) in [4.78, 5) is 0. The van der Waals surface area contributed by atoms with E-state index < -0.39 is 0 Å². The zero-order valence-corrected chi connectivity index (χ0v) is 9.66. The van der Waals surface area contributed by atoms with Gasteiger partial charge < -0.3 is 15.6 Å². The first-order chi connectivity index (χ1) is 7.63. The Hall–Kier alpha value is -1.97. The van der Waals surface area contributed by atoms with Crippen molar-refractivity contribution >= 4 is 11.4 Å². The number of hydrogen-bond acceptors (Lipinski definition) is 4. The van der Waals surface area contributed by atoms with E-state index in [1.165, 1.54) is 0 Å². The molecule has 0 aliphatic rings. The summed E-state index contributed by atoms with van der Waals surface area (Å²) in [5.41, 5.74) is 10.5. The van der Waals surface area contributed by atoms with E-state index in [9.17, 15) is 0 Å². The van der Waals surface area contributed by atoms with Gasteiger partial charge in [-0.1, -0.05) is 11.2 Å². The Morgan fingerprint density at radius 3 is 2.56 bits per heavy atom. The number of hydrogen-bond donors (Lipinski definition) is 2. The quantitative estimate of drug-likeness (QED) is 0.759. The van der Waals surface area contributed by atoms with E-state index in [2.05, 4.69) is 10.5 Å². The lowest BCUT2D eigenvalue weighted by atomic mass is 10.0. The van der Waals surface area contributed by atoms with E-state index in [0.717, 1.165) is 34.0 Å². The van der Waals surface area contributed by atoms with Crippen molar-refractivity contribution in [3.63, 3.8) is 0 Å². The van der Waals surface area contributed by atoms with Gasteiger partial charge in [-0.25, -0.2) is 0 Å². The van der Waals surface area contributed by atoms with Gasteiger partial charge in [-0.3, -0.25) is 0 Å². The fourth-order valence-corrected chi connectivity index (χ4v) is 1.84. The molecule has 0 aliphatic carbocycles. The molecule has 2 aromatic rings. The van der Waals surface area contributed by atoms with Gasteiger partial charge in [0.1, 0.15) is 5.76 Å². The van der Waals surface area contributed by atoms with E-state index in [4.69, 9.17) is 10.3 Å². The molecule has 0 atom stereocenters. The van der Waals surface area contributed by atoms with Crippen LogP contribution in [0.3, 0.4) is 0 Å². The van der Waals surface area contributed by atoms with Gasteiger partial charge in [-0.15, -0.1) is 0 Å². The van der Waals surface area contributed by atoms with Crippen LogP contribution in [0, 0.1) is 13.8 Å². The second-order valence-corrected chi connectivity index (χ2v) is 3.75. The number of nitrogens with zero attached hydrogens (tertiary/aromatic N) is 1. The van der Waals surface area contributed by atoms with Crippen LogP contribution in [0.2, 0.25) is 0 Å². The minimum absolute atomic E-state index is 0.722. The maximum absolute atomic E-state index is 5.92. The molecule has 0 aliphatic heterocycles. The molecule has 1 heterocycles. The average Bonchev–Trinajstić information content (AvgIpc) is 2.58. The lowest BCUT2D eigenvalue weighted by Crippen LogP contribution is -1.95. The molecule has 0 saturated carbocycles. The Morgan fingerprint density at radius 1 is 1.31 bits per heavy atom. The van der Waals surface area contributed by atoms with Crippen LogP contribution in [0.15, 0.2) is 22.7 Å². The average molecular weight is 217 g/mol. The van der Waals surface area contributed by atoms with Crippen LogP contribution in [-0.4, -0.2) is 12.2 Å². The summed E-state index contributed by atoms with van der Waals surface area (Å²) in [6.07, 6.45) is 0. The van der Waals surface area contributed by atoms with Crippen LogP contribution in [0.1, 0.15) is 11.5 Å². The Labute approximate surface area is 94.4 Å². The van der Waals surface area contributed by atoms with Crippen LogP contribution < -0.4 is 11.1 Å². The number of nitrogen functional groups attached to an aromatic ring is 1. The Kier molecular flexibility index (Phi) is 2.56. The van der Waals surface area contributed by atoms with Gasteiger partial charge in [0, 0.05) is 12.6 Å². The molecule has 3 N–H and O–H groups in total. The molecule has 1 aromatic heterocycles. The SMILES string of the molecule is CNc1ccc(-c2c(C)noc2C)cc1N. The zero-order chi connectivity index (χ0) is 11.7. The van der Waals surface area contributed by atoms with Gasteiger partial charge in [-0.05, 0) is 31.5 Å². The summed E-state index contributed by atoms with van der Waals surface area (Å²) in [5, 5.41) is 6.97. The summed E-state index contributed by atoms with van der Waals surface area (Å²) in [5.74, 6) is 0.814. The van der Waals surface area contributed by atoms with Crippen molar-refractivity contribution in [3.05, 3.63) is 29.7 Å². The van der Waals surface area contributed by atoms with Crippen LogP contribution in [0.25, 0.3) is 11.1 Å². The minimum Gasteiger partial charge on any atom is -0.397 e. The summed E-state index contributed by atoms with van der Waals surface area (Å²) >= 11 is 0. The normalized spacial score (nSPS) is 10.4. The predicted octanol–water partition coefficient (Wildman–Crippen LogP) is 2.58. The fraction of sp³-hybridized carbons (Fsp3) is 0.250. The van der Waals surface area contributed by atoms with Gasteiger partial charge >= 0.3 is 0 Å². The zero-order valence-electron chi connectivity index (χ0n) is 9.66. The Morgan fingerprint density at radius 2 is 2.06 bits per heavy atom. The smallest absolute Gasteiger partial charge is 0.141 e. The summed E-state index contributed by atoms with van der Waals surface area (Å²) in [7, 11) is 1.85. The molecule has 2 rings (SSSR count). The first-order valence-corrected chi connectivity index (χ1v) is 5.14. The third kappa shape index (κ3) is 1.62. The molecular weight excluding hydrogens is 202 g/mol.